The average Bonchev–Trinajstić information content (AvgIpc) is 2.74. The van der Waals surface area contributed by atoms with Crippen LogP contribution in [-0.4, -0.2) is 19.1 Å². The van der Waals surface area contributed by atoms with Crippen LogP contribution < -0.4 is 14.8 Å². The molecule has 0 radical (unpaired) electrons. The van der Waals surface area contributed by atoms with Crippen LogP contribution in [0.25, 0.3) is 11.1 Å². The minimum Gasteiger partial charge on any atom is -0.486 e. The van der Waals surface area contributed by atoms with Gasteiger partial charge in [0.2, 0.25) is 5.91 Å². The molecule has 1 aliphatic heterocycles. The molecule has 3 aromatic rings. The molecule has 1 atom stereocenters. The third kappa shape index (κ3) is 4.17. The summed E-state index contributed by atoms with van der Waals surface area (Å²) < 4.78 is 11.2. The third-order valence-corrected chi connectivity index (χ3v) is 4.87. The van der Waals surface area contributed by atoms with Crippen LogP contribution in [0.4, 0.5) is 0 Å². The van der Waals surface area contributed by atoms with E-state index in [0.717, 1.165) is 28.2 Å². The van der Waals surface area contributed by atoms with Crippen molar-refractivity contribution in [2.75, 3.05) is 13.2 Å². The Hall–Kier alpha value is -3.27. The highest BCUT2D eigenvalue weighted by atomic mass is 16.6. The summed E-state index contributed by atoms with van der Waals surface area (Å²) in [6, 6.07) is 24.0. The smallest absolute Gasteiger partial charge is 0.224 e. The largest absolute Gasteiger partial charge is 0.486 e. The molecule has 0 spiro atoms. The second-order valence-electron chi connectivity index (χ2n) is 6.93. The van der Waals surface area contributed by atoms with Gasteiger partial charge in [-0.15, -0.1) is 0 Å². The number of ether oxygens (including phenoxy) is 2. The molecular formula is C24H23NO3. The molecular weight excluding hydrogens is 350 g/mol. The molecule has 4 heteroatoms. The SMILES string of the molecule is CC(NC(=O)Cc1ccc(-c2ccccc2)cc1)c1ccc2c(c1)OCCO2. The Labute approximate surface area is 165 Å². The minimum atomic E-state index is -0.105. The van der Waals surface area contributed by atoms with Gasteiger partial charge in [0.1, 0.15) is 13.2 Å². The summed E-state index contributed by atoms with van der Waals surface area (Å²) in [5.74, 6) is 1.49. The van der Waals surface area contributed by atoms with Crippen molar-refractivity contribution in [3.8, 4) is 22.6 Å². The second kappa shape index (κ2) is 8.17. The van der Waals surface area contributed by atoms with E-state index in [0.29, 0.717) is 19.6 Å². The van der Waals surface area contributed by atoms with E-state index in [1.807, 2.05) is 55.5 Å². The number of carbonyl (C=O) groups is 1. The van der Waals surface area contributed by atoms with Crippen LogP contribution in [0.1, 0.15) is 24.1 Å². The number of nitrogens with one attached hydrogen (secondary N) is 1. The fraction of sp³-hybridized carbons (Fsp3) is 0.208. The molecule has 28 heavy (non-hydrogen) atoms. The first-order chi connectivity index (χ1) is 13.7. The zero-order chi connectivity index (χ0) is 19.3. The highest BCUT2D eigenvalue weighted by molar-refractivity contribution is 5.79. The molecule has 1 aliphatic rings. The summed E-state index contributed by atoms with van der Waals surface area (Å²) in [4.78, 5) is 12.5. The lowest BCUT2D eigenvalue weighted by Gasteiger charge is -2.21. The molecule has 1 unspecified atom stereocenters. The third-order valence-electron chi connectivity index (χ3n) is 4.87. The summed E-state index contributed by atoms with van der Waals surface area (Å²) in [6.07, 6.45) is 0.351. The predicted molar refractivity (Wildman–Crippen MR) is 110 cm³/mol. The number of amides is 1. The molecule has 0 bridgehead atoms. The highest BCUT2D eigenvalue weighted by Crippen LogP contribution is 2.32. The summed E-state index contributed by atoms with van der Waals surface area (Å²) >= 11 is 0. The van der Waals surface area contributed by atoms with Gasteiger partial charge < -0.3 is 14.8 Å². The van der Waals surface area contributed by atoms with E-state index in [-0.39, 0.29) is 11.9 Å². The quantitative estimate of drug-likeness (QED) is 0.714. The zero-order valence-corrected chi connectivity index (χ0v) is 15.9. The molecule has 0 saturated carbocycles. The van der Waals surface area contributed by atoms with Gasteiger partial charge in [0, 0.05) is 0 Å². The Morgan fingerprint density at radius 2 is 1.57 bits per heavy atom. The molecule has 0 saturated heterocycles. The lowest BCUT2D eigenvalue weighted by atomic mass is 10.0. The van der Waals surface area contributed by atoms with Crippen molar-refractivity contribution in [2.45, 2.75) is 19.4 Å². The Balaban J connectivity index is 1.37. The topological polar surface area (TPSA) is 47.6 Å². The summed E-state index contributed by atoms with van der Waals surface area (Å²) in [7, 11) is 0. The Morgan fingerprint density at radius 1 is 0.893 bits per heavy atom. The summed E-state index contributed by atoms with van der Waals surface area (Å²) in [5, 5.41) is 3.06. The van der Waals surface area contributed by atoms with E-state index in [1.165, 1.54) is 5.56 Å². The van der Waals surface area contributed by atoms with Crippen molar-refractivity contribution in [1.29, 1.82) is 0 Å². The number of rotatable bonds is 5. The lowest BCUT2D eigenvalue weighted by molar-refractivity contribution is -0.121. The van der Waals surface area contributed by atoms with E-state index in [2.05, 4.69) is 29.6 Å². The summed E-state index contributed by atoms with van der Waals surface area (Å²) in [6.45, 7) is 3.10. The van der Waals surface area contributed by atoms with Gasteiger partial charge in [-0.25, -0.2) is 0 Å². The highest BCUT2D eigenvalue weighted by Gasteiger charge is 2.16. The number of hydrogen-bond donors (Lipinski definition) is 1. The molecule has 3 aromatic carbocycles. The van der Waals surface area contributed by atoms with Crippen LogP contribution in [0.15, 0.2) is 72.8 Å². The zero-order valence-electron chi connectivity index (χ0n) is 15.9. The molecule has 4 nitrogen and oxygen atoms in total. The van der Waals surface area contributed by atoms with E-state index in [1.54, 1.807) is 0 Å². The van der Waals surface area contributed by atoms with Gasteiger partial charge in [0.05, 0.1) is 12.5 Å². The molecule has 0 aromatic heterocycles. The first kappa shape index (κ1) is 18.1. The van der Waals surface area contributed by atoms with E-state index >= 15 is 0 Å². The van der Waals surface area contributed by atoms with E-state index in [9.17, 15) is 4.79 Å². The molecule has 1 N–H and O–H groups in total. The summed E-state index contributed by atoms with van der Waals surface area (Å²) in [5.41, 5.74) is 4.31. The van der Waals surface area contributed by atoms with Gasteiger partial charge in [0.25, 0.3) is 0 Å². The molecule has 1 amide bonds. The van der Waals surface area contributed by atoms with E-state index in [4.69, 9.17) is 9.47 Å². The Kier molecular flexibility index (Phi) is 5.29. The van der Waals surface area contributed by atoms with Gasteiger partial charge >= 0.3 is 0 Å². The fourth-order valence-corrected chi connectivity index (χ4v) is 3.34. The number of benzene rings is 3. The predicted octanol–water partition coefficient (Wildman–Crippen LogP) is 4.54. The van der Waals surface area contributed by atoms with Crippen molar-refractivity contribution in [2.24, 2.45) is 0 Å². The van der Waals surface area contributed by atoms with Gasteiger partial charge in [-0.3, -0.25) is 4.79 Å². The number of hydrogen-bond acceptors (Lipinski definition) is 3. The van der Waals surface area contributed by atoms with Crippen molar-refractivity contribution < 1.29 is 14.3 Å². The molecule has 0 aliphatic carbocycles. The lowest BCUT2D eigenvalue weighted by Crippen LogP contribution is -2.28. The van der Waals surface area contributed by atoms with Crippen LogP contribution in [0.2, 0.25) is 0 Å². The van der Waals surface area contributed by atoms with Crippen molar-refractivity contribution in [3.63, 3.8) is 0 Å². The van der Waals surface area contributed by atoms with Gasteiger partial charge in [-0.1, -0.05) is 60.7 Å². The number of fused-ring (bicyclic) bond motifs is 1. The minimum absolute atomic E-state index is 0.00477. The van der Waals surface area contributed by atoms with Crippen LogP contribution in [-0.2, 0) is 11.2 Å². The second-order valence-corrected chi connectivity index (χ2v) is 6.93. The monoisotopic (exact) mass is 373 g/mol. The normalized spacial score (nSPS) is 13.6. The fourth-order valence-electron chi connectivity index (χ4n) is 3.34. The van der Waals surface area contributed by atoms with Crippen LogP contribution in [0, 0.1) is 0 Å². The molecule has 1 heterocycles. The first-order valence-corrected chi connectivity index (χ1v) is 9.52. The van der Waals surface area contributed by atoms with Gasteiger partial charge in [-0.05, 0) is 41.3 Å². The van der Waals surface area contributed by atoms with Gasteiger partial charge in [0.15, 0.2) is 11.5 Å². The standard InChI is InChI=1S/C24H23NO3/c1-17(21-11-12-22-23(16-21)28-14-13-27-22)25-24(26)15-18-7-9-20(10-8-18)19-5-3-2-4-6-19/h2-12,16-17H,13-15H2,1H3,(H,25,26). The first-order valence-electron chi connectivity index (χ1n) is 9.52. The maximum atomic E-state index is 12.5. The van der Waals surface area contributed by atoms with Crippen LogP contribution in [0.5, 0.6) is 11.5 Å². The van der Waals surface area contributed by atoms with Crippen molar-refractivity contribution >= 4 is 5.91 Å². The average molecular weight is 373 g/mol. The maximum absolute atomic E-state index is 12.5. The van der Waals surface area contributed by atoms with Crippen LogP contribution >= 0.6 is 0 Å². The van der Waals surface area contributed by atoms with Crippen molar-refractivity contribution in [3.05, 3.63) is 83.9 Å². The maximum Gasteiger partial charge on any atom is 0.224 e. The van der Waals surface area contributed by atoms with Gasteiger partial charge in [-0.2, -0.15) is 0 Å². The van der Waals surface area contributed by atoms with E-state index < -0.39 is 0 Å². The van der Waals surface area contributed by atoms with Crippen molar-refractivity contribution in [1.82, 2.24) is 5.32 Å². The number of carbonyl (C=O) groups excluding carboxylic acids is 1. The molecule has 4 rings (SSSR count). The Morgan fingerprint density at radius 3 is 2.32 bits per heavy atom. The molecule has 142 valence electrons. The molecule has 0 fully saturated rings. The Bertz CT molecular complexity index is 951. The van der Waals surface area contributed by atoms with Crippen LogP contribution in [0.3, 0.4) is 0 Å².